The zero-order chi connectivity index (χ0) is 77.9. The topological polar surface area (TPSA) is 123 Å². The van der Waals surface area contributed by atoms with Crippen LogP contribution in [0, 0.1) is 100 Å². The van der Waals surface area contributed by atoms with Gasteiger partial charge in [0.2, 0.25) is 0 Å². The van der Waals surface area contributed by atoms with Crippen LogP contribution < -0.4 is 0 Å². The van der Waals surface area contributed by atoms with Crippen molar-refractivity contribution >= 4 is 0 Å². The third-order valence-corrected chi connectivity index (χ3v) is 20.3. The molecular formula is C99H94Ir4N12-4. The molecular weight excluding hydrogens is 2130 g/mol. The first-order chi connectivity index (χ1) is 53.8. The van der Waals surface area contributed by atoms with E-state index in [1.54, 1.807) is 0 Å². The molecule has 0 aliphatic rings. The van der Waals surface area contributed by atoms with Crippen molar-refractivity contribution in [3.05, 3.63) is 357 Å². The summed E-state index contributed by atoms with van der Waals surface area (Å²) in [7, 11) is 0. The molecule has 0 atom stereocenters. The maximum Gasteiger partial charge on any atom is 0.159 e. The van der Waals surface area contributed by atoms with E-state index in [1.807, 2.05) is 115 Å². The molecule has 4 radical (unpaired) electrons. The maximum absolute atomic E-state index is 4.70. The van der Waals surface area contributed by atoms with Crippen LogP contribution in [0.4, 0.5) is 0 Å². The van der Waals surface area contributed by atoms with Gasteiger partial charge in [-0.1, -0.05) is 174 Å². The molecule has 4 aromatic heterocycles. The Balaban J connectivity index is 0.000000174. The zero-order valence-electron chi connectivity index (χ0n) is 67.6. The number of rotatable bonds is 15. The smallest absolute Gasteiger partial charge is 0.159 e. The van der Waals surface area contributed by atoms with Crippen LogP contribution in [0.25, 0.3) is 114 Å². The summed E-state index contributed by atoms with van der Waals surface area (Å²) in [6.07, 6.45) is 3.47. The van der Waals surface area contributed by atoms with E-state index in [1.165, 1.54) is 85.2 Å². The van der Waals surface area contributed by atoms with Crippen LogP contribution in [0.5, 0.6) is 0 Å². The normalized spacial score (nSPS) is 10.7. The molecule has 0 N–H and O–H groups in total. The Kier molecular flexibility index (Phi) is 31.2. The molecule has 0 bridgehead atoms. The molecule has 12 nitrogen and oxygen atoms in total. The predicted molar refractivity (Wildman–Crippen MR) is 454 cm³/mol. The molecule has 0 aliphatic carbocycles. The molecule has 16 heteroatoms. The van der Waals surface area contributed by atoms with E-state index in [4.69, 9.17) is 5.10 Å². The van der Waals surface area contributed by atoms with E-state index in [0.29, 0.717) is 0 Å². The van der Waals surface area contributed by atoms with Gasteiger partial charge in [-0.3, -0.25) is 0 Å². The average molecular weight is 2220 g/mol. The zero-order valence-corrected chi connectivity index (χ0v) is 77.2. The minimum atomic E-state index is 0. The summed E-state index contributed by atoms with van der Waals surface area (Å²) < 4.78 is 8.66. The van der Waals surface area contributed by atoms with E-state index in [2.05, 4.69) is 328 Å². The van der Waals surface area contributed by atoms with E-state index < -0.39 is 0 Å². The van der Waals surface area contributed by atoms with Gasteiger partial charge in [-0.2, -0.15) is 20.4 Å². The summed E-state index contributed by atoms with van der Waals surface area (Å²) in [6.45, 7) is 32.4. The van der Waals surface area contributed by atoms with Crippen molar-refractivity contribution in [3.8, 4) is 114 Å². The first-order valence-corrected chi connectivity index (χ1v) is 38.1. The van der Waals surface area contributed by atoms with Crippen molar-refractivity contribution < 1.29 is 80.4 Å². The summed E-state index contributed by atoms with van der Waals surface area (Å²) in [4.78, 5) is 0. The minimum Gasteiger partial charge on any atom is -0.316 e. The molecule has 0 spiro atoms. The fourth-order valence-corrected chi connectivity index (χ4v) is 14.4. The number of para-hydroxylation sites is 4. The molecule has 115 heavy (non-hydrogen) atoms. The summed E-state index contributed by atoms with van der Waals surface area (Å²) in [5, 5.41) is 36.8. The monoisotopic (exact) mass is 2220 g/mol. The van der Waals surface area contributed by atoms with Gasteiger partial charge in [0, 0.05) is 125 Å². The number of aromatic nitrogens is 12. The van der Waals surface area contributed by atoms with Gasteiger partial charge in [0.25, 0.3) is 0 Å². The number of nitrogens with zero attached hydrogens (tertiary/aromatic N) is 12. The number of unbranched alkanes of at least 4 members (excludes halogenated alkanes) is 1. The van der Waals surface area contributed by atoms with Gasteiger partial charge in [0.1, 0.15) is 0 Å². The molecule has 16 rings (SSSR count). The van der Waals surface area contributed by atoms with Crippen LogP contribution in [-0.4, -0.2) is 59.1 Å². The standard InChI is InChI=1S/2C27H28N3.C23H20N3.C22H18N3.4Ir/c1-18-11-10-12-19(2)24(18)30-25(21-13-8-7-9-14-21)28-29-26(30)23-16-15-22(17-20(23)3)27(4,5)6;1-5-6-13-22-17-16-19(2)24(18-22)27-29-28-26(23-14-8-7-9-15-23)30(27)25-20(3)11-10-12-21(25)4;1-16-10-7-8-15-20(16)26-22(19-13-5-4-6-14-19)24-25-23(26)21-17(2)11-9-12-18(21)3;1-16-10-9-11-17(2)20(16)22-24-23-21(18-12-5-3-6-13-18)25(22)19-14-7-4-8-15-19;;;;/h7-13,15-17H,1-6H3;7-12,14,16-18H,5-6,13H2,1-4H3;4-13,15H,1-3H3;3-12,14-15H,1-2H3;;;;/q4*-1;;;;. The quantitative estimate of drug-likeness (QED) is 0.0930. The third kappa shape index (κ3) is 19.8. The summed E-state index contributed by atoms with van der Waals surface area (Å²) in [6, 6.07) is 102. The molecule has 0 fully saturated rings. The molecule has 0 saturated carbocycles. The van der Waals surface area contributed by atoms with Crippen molar-refractivity contribution in [2.45, 2.75) is 129 Å². The van der Waals surface area contributed by atoms with Crippen LogP contribution in [0.1, 0.15) is 113 Å². The van der Waals surface area contributed by atoms with E-state index in [0.717, 1.165) is 120 Å². The SMILES string of the molecule is CCCCc1ccc(C)c(-c2nnc(-c3[c-]cccc3)n2-c2c(C)cccc2C)c1.Cc1cc(C(C)(C)C)ccc1-c1nnc(-c2[c-]cccc2)n1-c1c(C)cccc1C.Cc1cccc(C)c1-c1nnc(-c2[c-]cccc2)n1-c1ccccc1.Cc1ccccc1-n1c(-c2[c-]cccc2)nnc1-c1c(C)cccc1C.[Ir].[Ir].[Ir].[Ir]. The average Bonchev–Trinajstić information content (AvgIpc) is 1.67. The van der Waals surface area contributed by atoms with E-state index in [9.17, 15) is 0 Å². The first kappa shape index (κ1) is 88.7. The van der Waals surface area contributed by atoms with Crippen molar-refractivity contribution in [1.29, 1.82) is 0 Å². The van der Waals surface area contributed by atoms with Gasteiger partial charge in [0.15, 0.2) is 23.3 Å². The maximum atomic E-state index is 4.70. The molecule has 0 saturated heterocycles. The Morgan fingerprint density at radius 2 is 0.643 bits per heavy atom. The Labute approximate surface area is 732 Å². The van der Waals surface area contributed by atoms with Gasteiger partial charge in [0.05, 0.1) is 23.3 Å². The summed E-state index contributed by atoms with van der Waals surface area (Å²) in [5.74, 6) is 6.69. The predicted octanol–water partition coefficient (Wildman–Crippen LogP) is 23.6. The largest absolute Gasteiger partial charge is 0.316 e. The van der Waals surface area contributed by atoms with Gasteiger partial charge in [-0.15, -0.1) is 164 Å². The van der Waals surface area contributed by atoms with Crippen LogP contribution in [0.15, 0.2) is 261 Å². The van der Waals surface area contributed by atoms with Gasteiger partial charge < -0.3 is 18.3 Å². The minimum absolute atomic E-state index is 0. The number of aryl methyl sites for hydroxylation is 12. The summed E-state index contributed by atoms with van der Waals surface area (Å²) >= 11 is 0. The number of hydrogen-bond donors (Lipinski definition) is 0. The van der Waals surface area contributed by atoms with Crippen LogP contribution in [0.2, 0.25) is 0 Å². The molecule has 4 heterocycles. The van der Waals surface area contributed by atoms with Crippen LogP contribution in [0.3, 0.4) is 0 Å². The second-order valence-corrected chi connectivity index (χ2v) is 29.5. The Hall–Kier alpha value is -10.2. The van der Waals surface area contributed by atoms with E-state index >= 15 is 0 Å². The van der Waals surface area contributed by atoms with Gasteiger partial charge >= 0.3 is 0 Å². The molecule has 12 aromatic carbocycles. The molecule has 16 aromatic rings. The fraction of sp³-hybridized carbons (Fsp3) is 0.192. The molecule has 0 unspecified atom stereocenters. The number of benzene rings is 12. The fourth-order valence-electron chi connectivity index (χ4n) is 14.4. The Bertz CT molecular complexity index is 5800. The Morgan fingerprint density at radius 3 is 1.04 bits per heavy atom. The number of hydrogen-bond acceptors (Lipinski definition) is 8. The van der Waals surface area contributed by atoms with Crippen LogP contribution in [-0.2, 0) is 92.3 Å². The second kappa shape index (κ2) is 40.4. The molecule has 590 valence electrons. The van der Waals surface area contributed by atoms with Crippen LogP contribution >= 0.6 is 0 Å². The first-order valence-electron chi connectivity index (χ1n) is 38.1. The van der Waals surface area contributed by atoms with Gasteiger partial charge in [-0.05, 0) is 191 Å². The van der Waals surface area contributed by atoms with Gasteiger partial charge in [-0.25, -0.2) is 0 Å². The van der Waals surface area contributed by atoms with Crippen molar-refractivity contribution in [2.24, 2.45) is 0 Å². The van der Waals surface area contributed by atoms with Crippen molar-refractivity contribution in [3.63, 3.8) is 0 Å². The molecule has 0 aliphatic heterocycles. The van der Waals surface area contributed by atoms with Crippen molar-refractivity contribution in [2.75, 3.05) is 0 Å². The van der Waals surface area contributed by atoms with E-state index in [-0.39, 0.29) is 85.8 Å². The van der Waals surface area contributed by atoms with Crippen molar-refractivity contribution in [1.82, 2.24) is 59.1 Å². The third-order valence-electron chi connectivity index (χ3n) is 20.3. The Morgan fingerprint density at radius 1 is 0.287 bits per heavy atom. The summed E-state index contributed by atoms with van der Waals surface area (Å²) in [5.41, 5.74) is 28.5. The molecule has 0 amide bonds. The second-order valence-electron chi connectivity index (χ2n) is 29.5.